The van der Waals surface area contributed by atoms with Gasteiger partial charge in [-0.2, -0.15) is 0 Å². The predicted molar refractivity (Wildman–Crippen MR) is 63.1 cm³/mol. The Hall–Kier alpha value is -2.13. The maximum atomic E-state index is 11.8. The number of rotatable bonds is 6. The minimum absolute atomic E-state index is 0.124. The summed E-state index contributed by atoms with van der Waals surface area (Å²) < 4.78 is 30.6. The summed E-state index contributed by atoms with van der Waals surface area (Å²) in [5, 5.41) is 8.22. The number of carboxylic acid groups (broad SMARTS) is 1. The summed E-state index contributed by atoms with van der Waals surface area (Å²) >= 11 is 0. The number of H-pyrrole nitrogens is 1. The van der Waals surface area contributed by atoms with Crippen LogP contribution in [0.15, 0.2) is 34.0 Å². The number of aromatic nitrogens is 2. The molecular formula is C10H11N3O5S. The molecule has 19 heavy (non-hydrogen) atoms. The van der Waals surface area contributed by atoms with Crippen LogP contribution in [0.4, 0.5) is 0 Å². The third-order valence-electron chi connectivity index (χ3n) is 2.27. The summed E-state index contributed by atoms with van der Waals surface area (Å²) in [5.41, 5.74) is 0. The molecule has 0 aliphatic carbocycles. The molecule has 8 nitrogen and oxygen atoms in total. The molecule has 0 amide bonds. The van der Waals surface area contributed by atoms with Crippen molar-refractivity contribution in [1.29, 1.82) is 0 Å². The van der Waals surface area contributed by atoms with E-state index in [9.17, 15) is 13.2 Å². The largest absolute Gasteiger partial charge is 0.475 e. The van der Waals surface area contributed by atoms with Crippen molar-refractivity contribution < 1.29 is 22.7 Å². The molecule has 0 saturated heterocycles. The lowest BCUT2D eigenvalue weighted by Gasteiger charge is -2.02. The maximum Gasteiger partial charge on any atom is 0.371 e. The molecule has 3 N–H and O–H groups in total. The maximum absolute atomic E-state index is 11.8. The van der Waals surface area contributed by atoms with Crippen molar-refractivity contribution in [2.24, 2.45) is 0 Å². The molecule has 0 atom stereocenters. The van der Waals surface area contributed by atoms with Gasteiger partial charge in [-0.1, -0.05) is 0 Å². The van der Waals surface area contributed by atoms with E-state index in [1.165, 1.54) is 0 Å². The monoisotopic (exact) mass is 285 g/mol. The zero-order valence-corrected chi connectivity index (χ0v) is 10.5. The summed E-state index contributed by atoms with van der Waals surface area (Å²) in [7, 11) is -3.85. The van der Waals surface area contributed by atoms with Crippen LogP contribution in [0, 0.1) is 0 Å². The van der Waals surface area contributed by atoms with E-state index in [-0.39, 0.29) is 6.54 Å². The molecule has 0 bridgehead atoms. The number of hydrogen-bond acceptors (Lipinski definition) is 5. The van der Waals surface area contributed by atoms with Crippen LogP contribution in [0.25, 0.3) is 0 Å². The first-order chi connectivity index (χ1) is 8.99. The Labute approximate surface area is 108 Å². The van der Waals surface area contributed by atoms with E-state index < -0.39 is 26.8 Å². The number of aromatic carboxylic acids is 1. The van der Waals surface area contributed by atoms with Crippen molar-refractivity contribution in [3.05, 3.63) is 36.1 Å². The first kappa shape index (κ1) is 13.3. The van der Waals surface area contributed by atoms with Crippen molar-refractivity contribution in [1.82, 2.24) is 14.7 Å². The molecule has 9 heteroatoms. The number of nitrogens with one attached hydrogen (secondary N) is 2. The Morgan fingerprint density at radius 3 is 2.84 bits per heavy atom. The number of imidazole rings is 1. The van der Waals surface area contributed by atoms with E-state index in [0.29, 0.717) is 12.2 Å². The Morgan fingerprint density at radius 1 is 1.47 bits per heavy atom. The smallest absolute Gasteiger partial charge is 0.371 e. The molecule has 0 unspecified atom stereocenters. The van der Waals surface area contributed by atoms with E-state index in [1.54, 1.807) is 12.4 Å². The average Bonchev–Trinajstić information content (AvgIpc) is 2.99. The van der Waals surface area contributed by atoms with Crippen molar-refractivity contribution in [2.75, 3.05) is 6.54 Å². The molecule has 2 aromatic heterocycles. The van der Waals surface area contributed by atoms with E-state index in [0.717, 1.165) is 12.1 Å². The van der Waals surface area contributed by atoms with E-state index in [4.69, 9.17) is 9.52 Å². The summed E-state index contributed by atoms with van der Waals surface area (Å²) in [5.74, 6) is -1.10. The number of nitrogens with zero attached hydrogens (tertiary/aromatic N) is 1. The van der Waals surface area contributed by atoms with Crippen LogP contribution in [0.1, 0.15) is 16.4 Å². The topological polar surface area (TPSA) is 125 Å². The molecule has 0 spiro atoms. The summed E-state index contributed by atoms with van der Waals surface area (Å²) in [6.45, 7) is 0.124. The van der Waals surface area contributed by atoms with Crippen molar-refractivity contribution in [3.8, 4) is 0 Å². The lowest BCUT2D eigenvalue weighted by Crippen LogP contribution is -2.25. The van der Waals surface area contributed by atoms with Crippen molar-refractivity contribution in [3.63, 3.8) is 0 Å². The molecule has 0 radical (unpaired) electrons. The molecule has 2 rings (SSSR count). The van der Waals surface area contributed by atoms with Gasteiger partial charge in [-0.15, -0.1) is 0 Å². The Bertz CT molecular complexity index is 659. The van der Waals surface area contributed by atoms with E-state index in [2.05, 4.69) is 14.7 Å². The summed E-state index contributed by atoms with van der Waals surface area (Å²) in [4.78, 5) is 17.4. The van der Waals surface area contributed by atoms with Crippen LogP contribution in [0.2, 0.25) is 0 Å². The fourth-order valence-corrected chi connectivity index (χ4v) is 2.35. The van der Waals surface area contributed by atoms with Crippen LogP contribution in [0.5, 0.6) is 0 Å². The second kappa shape index (κ2) is 5.24. The van der Waals surface area contributed by atoms with Gasteiger partial charge in [-0.05, 0) is 12.1 Å². The molecule has 102 valence electrons. The van der Waals surface area contributed by atoms with Gasteiger partial charge in [0.15, 0.2) is 0 Å². The molecule has 0 aliphatic heterocycles. The number of carbonyl (C=O) groups is 1. The standard InChI is InChI=1S/C10H11N3O5S/c14-10(15)7-1-2-9(18-7)19(16,17)13-4-3-8-11-5-6-12-8/h1-2,5-6,13H,3-4H2,(H,11,12)(H,14,15). The Balaban J connectivity index is 1.99. The minimum atomic E-state index is -3.85. The average molecular weight is 285 g/mol. The molecule has 0 fully saturated rings. The van der Waals surface area contributed by atoms with Crippen LogP contribution >= 0.6 is 0 Å². The summed E-state index contributed by atoms with van der Waals surface area (Å²) in [6, 6.07) is 2.18. The molecule has 0 aromatic carbocycles. The van der Waals surface area contributed by atoms with Crippen LogP contribution in [-0.4, -0.2) is 36.0 Å². The number of hydrogen-bond donors (Lipinski definition) is 3. The SMILES string of the molecule is O=C(O)c1ccc(S(=O)(=O)NCCc2ncc[nH]2)o1. The van der Waals surface area contributed by atoms with Crippen molar-refractivity contribution in [2.45, 2.75) is 11.5 Å². The highest BCUT2D eigenvalue weighted by Crippen LogP contribution is 2.13. The molecule has 0 aliphatic rings. The third-order valence-corrected chi connectivity index (χ3v) is 3.60. The van der Waals surface area contributed by atoms with Gasteiger partial charge in [0.25, 0.3) is 10.0 Å². The Kier molecular flexibility index (Phi) is 3.67. The summed E-state index contributed by atoms with van der Waals surface area (Å²) in [6.07, 6.45) is 3.59. The fraction of sp³-hybridized carbons (Fsp3) is 0.200. The molecule has 2 aromatic rings. The van der Waals surface area contributed by atoms with Gasteiger partial charge in [-0.25, -0.2) is 22.9 Å². The van der Waals surface area contributed by atoms with E-state index >= 15 is 0 Å². The lowest BCUT2D eigenvalue weighted by molar-refractivity contribution is 0.0656. The minimum Gasteiger partial charge on any atom is -0.475 e. The normalized spacial score (nSPS) is 11.6. The number of sulfonamides is 1. The zero-order chi connectivity index (χ0) is 13.9. The van der Waals surface area contributed by atoms with Gasteiger partial charge >= 0.3 is 5.97 Å². The second-order valence-electron chi connectivity index (χ2n) is 3.61. The highest BCUT2D eigenvalue weighted by atomic mass is 32.2. The fourth-order valence-electron chi connectivity index (χ4n) is 1.39. The Morgan fingerprint density at radius 2 is 2.26 bits per heavy atom. The number of furan rings is 1. The number of carboxylic acids is 1. The lowest BCUT2D eigenvalue weighted by atomic mass is 10.4. The van der Waals surface area contributed by atoms with E-state index in [1.807, 2.05) is 0 Å². The first-order valence-electron chi connectivity index (χ1n) is 5.30. The van der Waals surface area contributed by atoms with Gasteiger partial charge in [0.1, 0.15) is 5.82 Å². The van der Waals surface area contributed by atoms with Crippen LogP contribution in [0.3, 0.4) is 0 Å². The number of aromatic amines is 1. The van der Waals surface area contributed by atoms with Crippen molar-refractivity contribution >= 4 is 16.0 Å². The second-order valence-corrected chi connectivity index (χ2v) is 5.31. The molecule has 0 saturated carbocycles. The van der Waals surface area contributed by atoms with Gasteiger partial charge in [-0.3, -0.25) is 0 Å². The van der Waals surface area contributed by atoms with Gasteiger partial charge in [0, 0.05) is 25.4 Å². The van der Waals surface area contributed by atoms with Gasteiger partial charge in [0.05, 0.1) is 0 Å². The van der Waals surface area contributed by atoms with Crippen LogP contribution < -0.4 is 4.72 Å². The molecule has 2 heterocycles. The van der Waals surface area contributed by atoms with Gasteiger partial charge < -0.3 is 14.5 Å². The highest BCUT2D eigenvalue weighted by Gasteiger charge is 2.20. The van der Waals surface area contributed by atoms with Crippen LogP contribution in [-0.2, 0) is 16.4 Å². The predicted octanol–water partition coefficient (Wildman–Crippen LogP) is 0.222. The zero-order valence-electron chi connectivity index (χ0n) is 9.66. The highest BCUT2D eigenvalue weighted by molar-refractivity contribution is 7.89. The quantitative estimate of drug-likeness (QED) is 0.697. The third kappa shape index (κ3) is 3.20. The first-order valence-corrected chi connectivity index (χ1v) is 6.78. The van der Waals surface area contributed by atoms with Gasteiger partial charge in [0.2, 0.25) is 10.9 Å². The molecular weight excluding hydrogens is 274 g/mol.